The number of hydrogen-bond acceptors (Lipinski definition) is 8. The Kier molecular flexibility index (Phi) is 5.78. The third-order valence-electron chi connectivity index (χ3n) is 3.78. The molecule has 0 saturated carbocycles. The molecule has 0 saturated heterocycles. The summed E-state index contributed by atoms with van der Waals surface area (Å²) in [5, 5.41) is 14.1. The summed E-state index contributed by atoms with van der Waals surface area (Å²) in [5.74, 6) is -1.10. The standard InChI is InChI=1S/C18H15FN6O4/c1-29-12-8-6-11(7-9-12)18(26)24-23-17-15(25(27)28)16(20-10-21-17)22-14-5-3-2-4-13(14)19/h2-10H,1H3,(H,24,26)(H2,20,21,22,23). The molecule has 0 unspecified atom stereocenters. The number of carbonyl (C=O) groups excluding carboxylic acids is 1. The zero-order valence-electron chi connectivity index (χ0n) is 15.0. The summed E-state index contributed by atoms with van der Waals surface area (Å²) < 4.78 is 18.9. The molecule has 0 aliphatic rings. The number of anilines is 3. The molecule has 29 heavy (non-hydrogen) atoms. The Bertz CT molecular complexity index is 1040. The maximum absolute atomic E-state index is 13.8. The summed E-state index contributed by atoms with van der Waals surface area (Å²) in [6.45, 7) is 0. The zero-order valence-corrected chi connectivity index (χ0v) is 15.0. The molecule has 0 atom stereocenters. The lowest BCUT2D eigenvalue weighted by Gasteiger charge is -2.11. The number of amides is 1. The van der Waals surface area contributed by atoms with Gasteiger partial charge in [-0.3, -0.25) is 25.8 Å². The van der Waals surface area contributed by atoms with Crippen LogP contribution in [-0.4, -0.2) is 27.9 Å². The minimum atomic E-state index is -0.745. The fourth-order valence-corrected chi connectivity index (χ4v) is 2.36. The zero-order chi connectivity index (χ0) is 20.8. The van der Waals surface area contributed by atoms with Crippen LogP contribution in [0.1, 0.15) is 10.4 Å². The van der Waals surface area contributed by atoms with E-state index >= 15 is 0 Å². The van der Waals surface area contributed by atoms with Gasteiger partial charge < -0.3 is 10.1 Å². The van der Waals surface area contributed by atoms with Gasteiger partial charge in [0.1, 0.15) is 17.9 Å². The summed E-state index contributed by atoms with van der Waals surface area (Å²) in [4.78, 5) is 30.6. The fraction of sp³-hybridized carbons (Fsp3) is 0.0556. The third kappa shape index (κ3) is 4.53. The monoisotopic (exact) mass is 398 g/mol. The van der Waals surface area contributed by atoms with Crippen LogP contribution < -0.4 is 20.9 Å². The quantitative estimate of drug-likeness (QED) is 0.409. The molecule has 3 rings (SSSR count). The summed E-state index contributed by atoms with van der Waals surface area (Å²) in [6.07, 6.45) is 1.04. The van der Waals surface area contributed by atoms with Gasteiger partial charge >= 0.3 is 5.69 Å². The predicted octanol–water partition coefficient (Wildman–Crippen LogP) is 3.03. The highest BCUT2D eigenvalue weighted by atomic mass is 19.1. The number of hydrazine groups is 1. The molecule has 11 heteroatoms. The number of carbonyl (C=O) groups is 1. The average molecular weight is 398 g/mol. The van der Waals surface area contributed by atoms with Crippen molar-refractivity contribution >= 4 is 28.9 Å². The summed E-state index contributed by atoms with van der Waals surface area (Å²) in [5.41, 5.74) is 4.46. The third-order valence-corrected chi connectivity index (χ3v) is 3.78. The number of para-hydroxylation sites is 1. The van der Waals surface area contributed by atoms with Crippen LogP contribution in [0, 0.1) is 15.9 Å². The highest BCUT2D eigenvalue weighted by molar-refractivity contribution is 5.95. The van der Waals surface area contributed by atoms with Crippen molar-refractivity contribution in [3.63, 3.8) is 0 Å². The highest BCUT2D eigenvalue weighted by Gasteiger charge is 2.24. The largest absolute Gasteiger partial charge is 0.497 e. The van der Waals surface area contributed by atoms with Crippen molar-refractivity contribution in [2.45, 2.75) is 0 Å². The van der Waals surface area contributed by atoms with Gasteiger partial charge in [-0.2, -0.15) is 0 Å². The molecule has 0 aliphatic carbocycles. The number of nitrogens with zero attached hydrogens (tertiary/aromatic N) is 3. The van der Waals surface area contributed by atoms with E-state index in [9.17, 15) is 19.3 Å². The molecule has 2 aromatic carbocycles. The number of ether oxygens (including phenoxy) is 1. The summed E-state index contributed by atoms with van der Waals surface area (Å²) >= 11 is 0. The van der Waals surface area contributed by atoms with E-state index in [1.54, 1.807) is 18.2 Å². The van der Waals surface area contributed by atoms with Crippen molar-refractivity contribution in [1.29, 1.82) is 0 Å². The number of nitrogens with one attached hydrogen (secondary N) is 3. The number of aromatic nitrogens is 2. The van der Waals surface area contributed by atoms with Gasteiger partial charge in [-0.1, -0.05) is 12.1 Å². The molecule has 0 aliphatic heterocycles. The van der Waals surface area contributed by atoms with Crippen LogP contribution in [0.2, 0.25) is 0 Å². The first-order valence-electron chi connectivity index (χ1n) is 8.21. The van der Waals surface area contributed by atoms with Gasteiger partial charge in [-0.25, -0.2) is 14.4 Å². The molecule has 1 heterocycles. The molecule has 10 nitrogen and oxygen atoms in total. The molecular weight excluding hydrogens is 383 g/mol. The molecule has 3 N–H and O–H groups in total. The van der Waals surface area contributed by atoms with Crippen molar-refractivity contribution < 1.29 is 18.8 Å². The van der Waals surface area contributed by atoms with E-state index < -0.39 is 22.3 Å². The van der Waals surface area contributed by atoms with Gasteiger partial charge in [0, 0.05) is 5.56 Å². The van der Waals surface area contributed by atoms with Crippen LogP contribution >= 0.6 is 0 Å². The van der Waals surface area contributed by atoms with Gasteiger partial charge in [0.05, 0.1) is 17.7 Å². The Labute approximate surface area is 163 Å². The number of halogens is 1. The second-order valence-electron chi connectivity index (χ2n) is 5.59. The first-order valence-corrected chi connectivity index (χ1v) is 8.21. The van der Waals surface area contributed by atoms with Gasteiger partial charge in [-0.15, -0.1) is 0 Å². The van der Waals surface area contributed by atoms with Crippen LogP contribution in [0.5, 0.6) is 5.75 Å². The minimum Gasteiger partial charge on any atom is -0.497 e. The highest BCUT2D eigenvalue weighted by Crippen LogP contribution is 2.31. The maximum atomic E-state index is 13.8. The van der Waals surface area contributed by atoms with E-state index in [0.717, 1.165) is 6.33 Å². The van der Waals surface area contributed by atoms with Gasteiger partial charge in [0.15, 0.2) is 0 Å². The number of benzene rings is 2. The molecule has 3 aromatic rings. The topological polar surface area (TPSA) is 131 Å². The van der Waals surface area contributed by atoms with Crippen molar-refractivity contribution in [1.82, 2.24) is 15.4 Å². The van der Waals surface area contributed by atoms with Crippen LogP contribution in [0.15, 0.2) is 54.9 Å². The fourth-order valence-electron chi connectivity index (χ4n) is 2.36. The van der Waals surface area contributed by atoms with Gasteiger partial charge in [0.25, 0.3) is 5.91 Å². The van der Waals surface area contributed by atoms with Crippen molar-refractivity contribution in [3.05, 3.63) is 76.4 Å². The summed E-state index contributed by atoms with van der Waals surface area (Å²) in [6, 6.07) is 11.9. The lowest BCUT2D eigenvalue weighted by Crippen LogP contribution is -2.30. The molecule has 1 amide bonds. The maximum Gasteiger partial charge on any atom is 0.355 e. The van der Waals surface area contributed by atoms with E-state index in [-0.39, 0.29) is 17.3 Å². The molecule has 1 aromatic heterocycles. The van der Waals surface area contributed by atoms with Crippen molar-refractivity contribution in [3.8, 4) is 5.75 Å². The SMILES string of the molecule is COc1ccc(C(=O)NNc2ncnc(Nc3ccccc3F)c2[N+](=O)[O-])cc1. The van der Waals surface area contributed by atoms with Crippen LogP contribution in [-0.2, 0) is 0 Å². The van der Waals surface area contributed by atoms with Crippen LogP contribution in [0.25, 0.3) is 0 Å². The van der Waals surface area contributed by atoms with E-state index in [4.69, 9.17) is 4.74 Å². The number of hydrogen-bond donors (Lipinski definition) is 3. The van der Waals surface area contributed by atoms with E-state index in [1.807, 2.05) is 0 Å². The second kappa shape index (κ2) is 8.61. The normalized spacial score (nSPS) is 10.1. The van der Waals surface area contributed by atoms with Crippen molar-refractivity contribution in [2.24, 2.45) is 0 Å². The van der Waals surface area contributed by atoms with E-state index in [2.05, 4.69) is 26.1 Å². The molecule has 148 valence electrons. The minimum absolute atomic E-state index is 0.00233. The lowest BCUT2D eigenvalue weighted by atomic mass is 10.2. The first kappa shape index (κ1) is 19.5. The molecule has 0 radical (unpaired) electrons. The van der Waals surface area contributed by atoms with E-state index in [1.165, 1.54) is 37.4 Å². The molecule has 0 fully saturated rings. The van der Waals surface area contributed by atoms with Gasteiger partial charge in [0.2, 0.25) is 11.6 Å². The molecule has 0 spiro atoms. The smallest absolute Gasteiger partial charge is 0.355 e. The Morgan fingerprint density at radius 3 is 2.45 bits per heavy atom. The Morgan fingerprint density at radius 2 is 1.79 bits per heavy atom. The van der Waals surface area contributed by atoms with Crippen LogP contribution in [0.4, 0.5) is 27.4 Å². The van der Waals surface area contributed by atoms with Crippen molar-refractivity contribution in [2.75, 3.05) is 17.9 Å². The lowest BCUT2D eigenvalue weighted by molar-refractivity contribution is -0.383. The number of methoxy groups -OCH3 is 1. The Balaban J connectivity index is 1.81. The Hall–Kier alpha value is -4.28. The van der Waals surface area contributed by atoms with E-state index in [0.29, 0.717) is 11.3 Å². The predicted molar refractivity (Wildman–Crippen MR) is 102 cm³/mol. The molecular formula is C18H15FN6O4. The van der Waals surface area contributed by atoms with Gasteiger partial charge in [-0.05, 0) is 36.4 Å². The number of rotatable bonds is 7. The second-order valence-corrected chi connectivity index (χ2v) is 5.59. The number of nitro groups is 1. The average Bonchev–Trinajstić information content (AvgIpc) is 2.73. The summed E-state index contributed by atoms with van der Waals surface area (Å²) in [7, 11) is 1.50. The Morgan fingerprint density at radius 1 is 1.10 bits per heavy atom. The van der Waals surface area contributed by atoms with Crippen LogP contribution in [0.3, 0.4) is 0 Å². The first-order chi connectivity index (χ1) is 14.0. The molecule has 0 bridgehead atoms.